The van der Waals surface area contributed by atoms with Crippen molar-refractivity contribution >= 4 is 45.5 Å². The molecule has 0 heterocycles. The van der Waals surface area contributed by atoms with Crippen LogP contribution in [0.5, 0.6) is 0 Å². The van der Waals surface area contributed by atoms with Crippen LogP contribution in [0.4, 0.5) is 0 Å². The van der Waals surface area contributed by atoms with Crippen LogP contribution in [-0.4, -0.2) is 45.5 Å². The van der Waals surface area contributed by atoms with Crippen molar-refractivity contribution in [1.29, 1.82) is 0 Å². The summed E-state index contributed by atoms with van der Waals surface area (Å²) < 4.78 is 129. The molecule has 22 heteroatoms. The van der Waals surface area contributed by atoms with Gasteiger partial charge in [0.2, 0.25) is 0 Å². The van der Waals surface area contributed by atoms with Crippen molar-refractivity contribution in [2.24, 2.45) is 0 Å². The molecule has 0 aliphatic heterocycles. The van der Waals surface area contributed by atoms with Gasteiger partial charge in [0, 0.05) is 0 Å². The molecule has 120 valence electrons. The van der Waals surface area contributed by atoms with Crippen LogP contribution in [0.25, 0.3) is 0 Å². The smallest absolute Gasteiger partial charge is 2.00 e. The van der Waals surface area contributed by atoms with E-state index in [0.29, 0.717) is 0 Å². The van der Waals surface area contributed by atoms with Gasteiger partial charge >= 0.3 is 223 Å². The maximum atomic E-state index is 8.62. The molecule has 0 rings (SSSR count). The number of rotatable bonds is 0. The van der Waals surface area contributed by atoms with Crippen LogP contribution in [0, 0.1) is 0 Å². The molecule has 0 aliphatic carbocycles. The fourth-order valence-corrected chi connectivity index (χ4v) is 0. The van der Waals surface area contributed by atoms with E-state index in [-0.39, 0.29) is 78.2 Å². The Hall–Kier alpha value is 4.09. The average molecular weight is 1320 g/mol. The van der Waals surface area contributed by atoms with E-state index in [2.05, 4.69) is 0 Å². The van der Waals surface area contributed by atoms with E-state index in [1.807, 2.05) is 0 Å². The summed E-state index contributed by atoms with van der Waals surface area (Å²) in [6, 6.07) is 0. The van der Waals surface area contributed by atoms with Gasteiger partial charge < -0.3 is 0 Å². The summed E-state index contributed by atoms with van der Waals surface area (Å²) in [7, 11) is 0. The molecule has 0 bridgehead atoms. The molecule has 0 spiro atoms. The van der Waals surface area contributed by atoms with Gasteiger partial charge in [-0.3, -0.25) is 0 Å². The first-order valence-electron chi connectivity index (χ1n) is 2.74. The molecule has 0 aromatic carbocycles. The first-order chi connectivity index (χ1) is 8.66. The van der Waals surface area contributed by atoms with Crippen LogP contribution in [0.2, 0.25) is 0 Å². The molecular weight excluding hydrogens is 1320 g/mol. The van der Waals surface area contributed by atoms with Crippen LogP contribution in [0.15, 0.2) is 0 Å². The third kappa shape index (κ3) is 769. The zero-order valence-electron chi connectivity index (χ0n) is 9.64. The minimum Gasteiger partial charge on any atom is 2.00 e. The van der Waals surface area contributed by atoms with Crippen molar-refractivity contribution in [3.05, 3.63) is 0 Å². The van der Waals surface area contributed by atoms with Crippen LogP contribution < -0.4 is 18.1 Å². The largest absolute Gasteiger partial charge is 3.00 e. The van der Waals surface area contributed by atoms with Crippen molar-refractivity contribution in [3.8, 4) is 0 Å². The summed E-state index contributed by atoms with van der Waals surface area (Å²) in [5, 5.41) is 0. The maximum absolute atomic E-state index is 8.62. The van der Waals surface area contributed by atoms with Gasteiger partial charge in [-0.2, -0.15) is 0 Å². The standard InChI is InChI=1S/15O.Sr.5Ta.Y/q;;;;;;;;;;5*-1;+2;;;;;;+3. The second-order valence-electron chi connectivity index (χ2n) is 1.12. The van der Waals surface area contributed by atoms with Gasteiger partial charge in [-0.25, -0.2) is 0 Å². The van der Waals surface area contributed by atoms with E-state index >= 15 is 0 Å². The second-order valence-corrected chi connectivity index (χ2v) is 9.15. The summed E-state index contributed by atoms with van der Waals surface area (Å²) in [5.74, 6) is 0. The van der Waals surface area contributed by atoms with Crippen molar-refractivity contribution in [1.82, 2.24) is 0 Å². The van der Waals surface area contributed by atoms with Gasteiger partial charge in [0.1, 0.15) is 0 Å². The van der Waals surface area contributed by atoms with E-state index in [1.54, 1.807) is 0 Å². The molecule has 0 saturated carbocycles. The van der Waals surface area contributed by atoms with Crippen molar-refractivity contribution in [2.75, 3.05) is 0 Å². The zero-order chi connectivity index (χ0) is 17.9. The topological polar surface area (TPSA) is 286 Å². The van der Waals surface area contributed by atoms with Gasteiger partial charge in [0.05, 0.1) is 0 Å². The van der Waals surface area contributed by atoms with E-state index in [9.17, 15) is 0 Å². The van der Waals surface area contributed by atoms with Gasteiger partial charge in [0.15, 0.2) is 0 Å². The predicted octanol–water partition coefficient (Wildman–Crippen LogP) is -7.53. The summed E-state index contributed by atoms with van der Waals surface area (Å²) in [4.78, 5) is 0. The molecule has 0 atom stereocenters. The fourth-order valence-electron chi connectivity index (χ4n) is 0. The SMILES string of the molecule is [O]=[Ta](=[O])[O-].[O]=[Ta](=[O])[O-].[O]=[Ta](=[O])[O-].[O]=[Ta](=[O])[O-].[O]=[Ta](=[O])[O-].[Sr+2].[Y+3]. The van der Waals surface area contributed by atoms with Gasteiger partial charge in [-0.15, -0.1) is 0 Å². The molecule has 0 saturated heterocycles. The molecule has 0 fully saturated rings. The molecule has 0 radical (unpaired) electrons. The Morgan fingerprint density at radius 3 is 0.364 bits per heavy atom. The van der Waals surface area contributed by atoms with E-state index < -0.39 is 93.9 Å². The molecule has 0 N–H and O–H groups in total. The summed E-state index contributed by atoms with van der Waals surface area (Å²) in [6.07, 6.45) is 0. The number of hydrogen-bond donors (Lipinski definition) is 0. The molecular formula is O15SrTa5Y. The quantitative estimate of drug-likeness (QED) is 0.204. The van der Waals surface area contributed by atoms with E-state index in [1.165, 1.54) is 0 Å². The van der Waals surface area contributed by atoms with Crippen LogP contribution in [0.3, 0.4) is 0 Å². The third-order valence-corrected chi connectivity index (χ3v) is 0. The predicted molar refractivity (Wildman–Crippen MR) is 12.6 cm³/mol. The van der Waals surface area contributed by atoms with Crippen LogP contribution in [-0.2, 0) is 159 Å². The van der Waals surface area contributed by atoms with Gasteiger partial charge in [-0.05, 0) is 0 Å². The molecule has 0 amide bonds. The Balaban J connectivity index is -0.0000000250. The van der Waals surface area contributed by atoms with Gasteiger partial charge in [-0.1, -0.05) is 0 Å². The van der Waals surface area contributed by atoms with Gasteiger partial charge in [0.25, 0.3) is 0 Å². The molecule has 15 nitrogen and oxygen atoms in total. The fraction of sp³-hybridized carbons (Fsp3) is 0. The third-order valence-electron chi connectivity index (χ3n) is 0. The Bertz CT molecular complexity index is 386. The molecule has 22 heavy (non-hydrogen) atoms. The van der Waals surface area contributed by atoms with E-state index in [4.69, 9.17) is 50.6 Å². The van der Waals surface area contributed by atoms with Crippen LogP contribution >= 0.6 is 0 Å². The first-order valence-corrected chi connectivity index (χ1v) is 22.4. The van der Waals surface area contributed by atoms with Crippen molar-refractivity contribution in [2.45, 2.75) is 0 Å². The normalized spacial score (nSPS) is 5.68. The van der Waals surface area contributed by atoms with E-state index in [0.717, 1.165) is 0 Å². The molecule has 0 unspecified atom stereocenters. The Kier molecular flexibility index (Phi) is 81.8. The van der Waals surface area contributed by atoms with Crippen LogP contribution in [0.1, 0.15) is 0 Å². The Morgan fingerprint density at radius 1 is 0.364 bits per heavy atom. The summed E-state index contributed by atoms with van der Waals surface area (Å²) in [6.45, 7) is 0. The second kappa shape index (κ2) is 40.0. The first kappa shape index (κ1) is 45.1. The summed E-state index contributed by atoms with van der Waals surface area (Å²) >= 11 is -21.7. The minimum absolute atomic E-state index is 0. The Morgan fingerprint density at radius 2 is 0.364 bits per heavy atom. The minimum atomic E-state index is -4.34. The average Bonchev–Trinajstić information content (AvgIpc) is 1.94. The molecule has 0 aliphatic rings. The molecule has 0 aromatic heterocycles. The monoisotopic (exact) mass is 1320 g/mol. The maximum Gasteiger partial charge on any atom is 3.00 e. The number of hydrogen-bond acceptors (Lipinski definition) is 15. The van der Waals surface area contributed by atoms with Crippen molar-refractivity contribution in [3.63, 3.8) is 0 Å². The Labute approximate surface area is 217 Å². The molecule has 0 aromatic rings. The summed E-state index contributed by atoms with van der Waals surface area (Å²) in [5.41, 5.74) is 0. The zero-order valence-corrected chi connectivity index (χ0v) is 32.0. The van der Waals surface area contributed by atoms with Crippen molar-refractivity contribution < 1.29 is 177 Å².